The molecule has 1 atom stereocenters. The van der Waals surface area contributed by atoms with Gasteiger partial charge in [0, 0.05) is 5.56 Å². The van der Waals surface area contributed by atoms with Crippen LogP contribution in [0.3, 0.4) is 0 Å². The Hall–Kier alpha value is -2.09. The van der Waals surface area contributed by atoms with Crippen molar-refractivity contribution < 1.29 is 4.79 Å². The molecule has 0 spiro atoms. The molecule has 2 heteroatoms. The monoisotopic (exact) mass is 353 g/mol. The van der Waals surface area contributed by atoms with E-state index >= 15 is 0 Å². The molecule has 0 bridgehead atoms. The highest BCUT2D eigenvalue weighted by atomic mass is 16.1. The van der Waals surface area contributed by atoms with Crippen molar-refractivity contribution in [2.45, 2.75) is 71.8 Å². The van der Waals surface area contributed by atoms with Crippen molar-refractivity contribution in [2.75, 3.05) is 0 Å². The van der Waals surface area contributed by atoms with Gasteiger partial charge in [-0.3, -0.25) is 4.79 Å². The number of carbonyl (C=O) groups excluding carboxylic acids is 1. The highest BCUT2D eigenvalue weighted by molar-refractivity contribution is 5.94. The number of rotatable bonds is 7. The van der Waals surface area contributed by atoms with Crippen molar-refractivity contribution in [2.24, 2.45) is 0 Å². The molecule has 2 rings (SSSR count). The number of amides is 1. The Morgan fingerprint density at radius 1 is 1.23 bits per heavy atom. The summed E-state index contributed by atoms with van der Waals surface area (Å²) in [6.07, 6.45) is 15.1. The molecule has 1 aliphatic rings. The minimum atomic E-state index is -0.282. The summed E-state index contributed by atoms with van der Waals surface area (Å²) in [7, 11) is 0. The van der Waals surface area contributed by atoms with Gasteiger partial charge < -0.3 is 5.32 Å². The molecule has 1 aliphatic carbocycles. The quantitative estimate of drug-likeness (QED) is 0.446. The van der Waals surface area contributed by atoms with Gasteiger partial charge in [-0.15, -0.1) is 6.58 Å². The van der Waals surface area contributed by atoms with Gasteiger partial charge in [0.1, 0.15) is 0 Å². The first-order chi connectivity index (χ1) is 12.4. The highest BCUT2D eigenvalue weighted by Gasteiger charge is 2.24. The molecule has 1 amide bonds. The molecule has 2 nitrogen and oxygen atoms in total. The summed E-state index contributed by atoms with van der Waals surface area (Å²) in [6, 6.07) is 8.07. The van der Waals surface area contributed by atoms with E-state index in [1.807, 2.05) is 19.1 Å². The summed E-state index contributed by atoms with van der Waals surface area (Å²) in [5.74, 6) is 0.00244. The van der Waals surface area contributed by atoms with E-state index in [0.717, 1.165) is 18.4 Å². The number of nitrogens with one attached hydrogen (secondary N) is 1. The largest absolute Gasteiger partial charge is 0.343 e. The summed E-state index contributed by atoms with van der Waals surface area (Å²) in [6.45, 7) is 11.6. The van der Waals surface area contributed by atoms with Gasteiger partial charge >= 0.3 is 0 Å². The van der Waals surface area contributed by atoms with Crippen LogP contribution < -0.4 is 5.32 Å². The van der Waals surface area contributed by atoms with Crippen molar-refractivity contribution in [3.05, 3.63) is 71.8 Å². The van der Waals surface area contributed by atoms with E-state index in [9.17, 15) is 4.79 Å². The molecule has 0 aliphatic heterocycles. The van der Waals surface area contributed by atoms with Gasteiger partial charge in [0.05, 0.1) is 5.54 Å². The van der Waals surface area contributed by atoms with Crippen molar-refractivity contribution in [1.82, 2.24) is 5.32 Å². The summed E-state index contributed by atoms with van der Waals surface area (Å²) in [4.78, 5) is 12.4. The second kappa shape index (κ2) is 11.5. The maximum absolute atomic E-state index is 12.4. The topological polar surface area (TPSA) is 29.1 Å². The fraction of sp³-hybridized carbons (Fsp3) is 0.458. The lowest BCUT2D eigenvalue weighted by molar-refractivity contribution is 0.0922. The van der Waals surface area contributed by atoms with E-state index in [2.05, 4.69) is 63.0 Å². The van der Waals surface area contributed by atoms with Crippen LogP contribution >= 0.6 is 0 Å². The Labute approximate surface area is 160 Å². The van der Waals surface area contributed by atoms with Gasteiger partial charge in [0.2, 0.25) is 0 Å². The molecule has 0 aromatic heterocycles. The van der Waals surface area contributed by atoms with Crippen LogP contribution in [0.5, 0.6) is 0 Å². The Morgan fingerprint density at radius 2 is 1.88 bits per heavy atom. The minimum Gasteiger partial charge on any atom is -0.343 e. The lowest BCUT2D eigenvalue weighted by Crippen LogP contribution is -2.44. The number of hydrogen-bond acceptors (Lipinski definition) is 1. The first-order valence-electron chi connectivity index (χ1n) is 9.78. The summed E-state index contributed by atoms with van der Waals surface area (Å²) < 4.78 is 0. The zero-order chi connectivity index (χ0) is 19.4. The maximum Gasteiger partial charge on any atom is 0.251 e. The molecule has 26 heavy (non-hydrogen) atoms. The second-order valence-corrected chi connectivity index (χ2v) is 7.27. The van der Waals surface area contributed by atoms with Crippen LogP contribution in [0.15, 0.2) is 60.7 Å². The third-order valence-electron chi connectivity index (χ3n) is 4.50. The Bertz CT molecular complexity index is 624. The second-order valence-electron chi connectivity index (χ2n) is 7.27. The van der Waals surface area contributed by atoms with Crippen LogP contribution in [0.2, 0.25) is 0 Å². The van der Waals surface area contributed by atoms with Gasteiger partial charge in [-0.25, -0.2) is 0 Å². The zero-order valence-electron chi connectivity index (χ0n) is 17.0. The van der Waals surface area contributed by atoms with Gasteiger partial charge in [-0.05, 0) is 57.7 Å². The zero-order valence-corrected chi connectivity index (χ0v) is 17.0. The molecule has 142 valence electrons. The normalized spacial score (nSPS) is 18.4. The van der Waals surface area contributed by atoms with E-state index < -0.39 is 0 Å². The molecule has 0 saturated carbocycles. The predicted octanol–water partition coefficient (Wildman–Crippen LogP) is 6.40. The first kappa shape index (κ1) is 22.0. The van der Waals surface area contributed by atoms with Crippen LogP contribution in [0.25, 0.3) is 0 Å². The molecule has 1 unspecified atom stereocenters. The molecule has 1 aromatic rings. The van der Waals surface area contributed by atoms with Crippen LogP contribution in [0.4, 0.5) is 0 Å². The summed E-state index contributed by atoms with van der Waals surface area (Å²) in [5, 5.41) is 3.14. The van der Waals surface area contributed by atoms with Crippen LogP contribution in [0, 0.1) is 0 Å². The van der Waals surface area contributed by atoms with Crippen molar-refractivity contribution in [3.8, 4) is 0 Å². The number of carbonyl (C=O) groups is 1. The van der Waals surface area contributed by atoms with Crippen LogP contribution in [-0.4, -0.2) is 11.4 Å². The van der Waals surface area contributed by atoms with Crippen molar-refractivity contribution >= 4 is 5.91 Å². The number of benzene rings is 1. The number of allylic oxidation sites excluding steroid dienone is 3. The van der Waals surface area contributed by atoms with Crippen molar-refractivity contribution in [3.63, 3.8) is 0 Å². The minimum absolute atomic E-state index is 0.00244. The lowest BCUT2D eigenvalue weighted by Gasteiger charge is -2.29. The fourth-order valence-corrected chi connectivity index (χ4v) is 2.83. The van der Waals surface area contributed by atoms with E-state index in [1.54, 1.807) is 6.08 Å². The Kier molecular flexibility index (Phi) is 9.72. The number of unbranched alkanes of at least 4 members (excludes halogenated alkanes) is 3. The van der Waals surface area contributed by atoms with Crippen molar-refractivity contribution in [1.29, 1.82) is 0 Å². The average molecular weight is 354 g/mol. The van der Waals surface area contributed by atoms with Gasteiger partial charge in [-0.2, -0.15) is 0 Å². The Balaban J connectivity index is 0.00000105. The molecular weight excluding hydrogens is 318 g/mol. The van der Waals surface area contributed by atoms with Crippen LogP contribution in [0.1, 0.15) is 75.7 Å². The van der Waals surface area contributed by atoms with E-state index in [1.165, 1.54) is 36.8 Å². The van der Waals surface area contributed by atoms with E-state index in [-0.39, 0.29) is 11.4 Å². The summed E-state index contributed by atoms with van der Waals surface area (Å²) >= 11 is 0. The third kappa shape index (κ3) is 7.86. The molecule has 0 fully saturated rings. The van der Waals surface area contributed by atoms with Gasteiger partial charge in [0.15, 0.2) is 0 Å². The predicted molar refractivity (Wildman–Crippen MR) is 114 cm³/mol. The molecule has 1 N–H and O–H groups in total. The SMILES string of the molecule is C=CC.CCCCCCc1ccc(C(=O)NC2(C)C=CC(C)=CC2)cc1. The standard InChI is InChI=1S/C21H29NO.C3H6/c1-4-5-6-7-8-18-9-11-19(12-10-18)20(23)22-21(3)15-13-17(2)14-16-21;1-3-2/h9-15H,4-8,16H2,1-3H3,(H,22,23);3H,1H2,2H3. The number of aryl methyl sites for hydroxylation is 1. The molecule has 0 heterocycles. The third-order valence-corrected chi connectivity index (χ3v) is 4.50. The first-order valence-corrected chi connectivity index (χ1v) is 9.78. The molecule has 0 radical (unpaired) electrons. The van der Waals surface area contributed by atoms with E-state index in [4.69, 9.17) is 0 Å². The smallest absolute Gasteiger partial charge is 0.251 e. The van der Waals surface area contributed by atoms with Gasteiger partial charge in [0.25, 0.3) is 5.91 Å². The van der Waals surface area contributed by atoms with Crippen LogP contribution in [-0.2, 0) is 6.42 Å². The molecular formula is C24H35NO. The lowest BCUT2D eigenvalue weighted by atomic mass is 9.90. The fourth-order valence-electron chi connectivity index (χ4n) is 2.83. The van der Waals surface area contributed by atoms with Gasteiger partial charge in [-0.1, -0.05) is 68.2 Å². The Morgan fingerprint density at radius 3 is 2.42 bits per heavy atom. The molecule has 0 saturated heterocycles. The number of hydrogen-bond donors (Lipinski definition) is 1. The summed E-state index contributed by atoms with van der Waals surface area (Å²) in [5.41, 5.74) is 3.03. The highest BCUT2D eigenvalue weighted by Crippen LogP contribution is 2.21. The van der Waals surface area contributed by atoms with E-state index in [0.29, 0.717) is 0 Å². The molecule has 1 aromatic carbocycles. The average Bonchev–Trinajstić information content (AvgIpc) is 2.63. The maximum atomic E-state index is 12.4.